The predicted molar refractivity (Wildman–Crippen MR) is 84.9 cm³/mol. The van der Waals surface area contributed by atoms with Gasteiger partial charge >= 0.3 is 0 Å². The second kappa shape index (κ2) is 6.42. The number of aryl methyl sites for hydroxylation is 1. The molecule has 2 aromatic rings. The van der Waals surface area contributed by atoms with Crippen LogP contribution in [0.2, 0.25) is 5.02 Å². The number of nitrogens with zero attached hydrogens (tertiary/aromatic N) is 3. The number of halogens is 1. The fourth-order valence-electron chi connectivity index (χ4n) is 2.62. The predicted octanol–water partition coefficient (Wildman–Crippen LogP) is 2.23. The SMILES string of the molecule is Cc1cnc(C(=O)N2CCNCC2c2ccccc2Cl)cn1. The highest BCUT2D eigenvalue weighted by molar-refractivity contribution is 6.31. The lowest BCUT2D eigenvalue weighted by Gasteiger charge is -2.36. The van der Waals surface area contributed by atoms with E-state index in [1.165, 1.54) is 6.20 Å². The topological polar surface area (TPSA) is 58.1 Å². The van der Waals surface area contributed by atoms with Gasteiger partial charge in [0, 0.05) is 30.9 Å². The summed E-state index contributed by atoms with van der Waals surface area (Å²) in [5.41, 5.74) is 2.11. The molecule has 1 aromatic heterocycles. The number of carbonyl (C=O) groups is 1. The Morgan fingerprint density at radius 1 is 1.32 bits per heavy atom. The van der Waals surface area contributed by atoms with Crippen molar-refractivity contribution in [2.75, 3.05) is 19.6 Å². The highest BCUT2D eigenvalue weighted by Crippen LogP contribution is 2.29. The van der Waals surface area contributed by atoms with E-state index in [0.29, 0.717) is 23.8 Å². The van der Waals surface area contributed by atoms with Gasteiger partial charge in [0.25, 0.3) is 5.91 Å². The Kier molecular flexibility index (Phi) is 4.36. The molecule has 0 saturated carbocycles. The molecule has 22 heavy (non-hydrogen) atoms. The minimum absolute atomic E-state index is 0.0990. The van der Waals surface area contributed by atoms with Crippen molar-refractivity contribution in [2.24, 2.45) is 0 Å². The number of aromatic nitrogens is 2. The summed E-state index contributed by atoms with van der Waals surface area (Å²) in [4.78, 5) is 22.9. The second-order valence-electron chi connectivity index (χ2n) is 5.28. The molecule has 0 spiro atoms. The van der Waals surface area contributed by atoms with Crippen LogP contribution < -0.4 is 5.32 Å². The lowest BCUT2D eigenvalue weighted by Crippen LogP contribution is -2.49. The zero-order chi connectivity index (χ0) is 15.5. The number of hydrogen-bond donors (Lipinski definition) is 1. The fraction of sp³-hybridized carbons (Fsp3) is 0.312. The first-order valence-corrected chi connectivity index (χ1v) is 7.59. The van der Waals surface area contributed by atoms with E-state index in [0.717, 1.165) is 17.8 Å². The number of rotatable bonds is 2. The zero-order valence-corrected chi connectivity index (χ0v) is 13.0. The Balaban J connectivity index is 1.91. The van der Waals surface area contributed by atoms with E-state index in [2.05, 4.69) is 15.3 Å². The summed E-state index contributed by atoms with van der Waals surface area (Å²) in [6.45, 7) is 3.89. The van der Waals surface area contributed by atoms with Crippen LogP contribution >= 0.6 is 11.6 Å². The van der Waals surface area contributed by atoms with E-state index in [1.54, 1.807) is 6.20 Å². The van der Waals surface area contributed by atoms with Crippen LogP contribution in [0.1, 0.15) is 27.8 Å². The van der Waals surface area contributed by atoms with Crippen LogP contribution in [0.25, 0.3) is 0 Å². The van der Waals surface area contributed by atoms with Crippen molar-refractivity contribution in [2.45, 2.75) is 13.0 Å². The van der Waals surface area contributed by atoms with Gasteiger partial charge in [-0.15, -0.1) is 0 Å². The molecule has 114 valence electrons. The molecule has 0 radical (unpaired) electrons. The summed E-state index contributed by atoms with van der Waals surface area (Å²) in [5, 5.41) is 3.99. The Labute approximate surface area is 134 Å². The molecule has 3 rings (SSSR count). The van der Waals surface area contributed by atoms with Gasteiger partial charge in [-0.05, 0) is 18.6 Å². The molecule has 1 amide bonds. The highest BCUT2D eigenvalue weighted by atomic mass is 35.5. The molecule has 1 aromatic carbocycles. The molecule has 1 N–H and O–H groups in total. The fourth-order valence-corrected chi connectivity index (χ4v) is 2.88. The molecule has 5 nitrogen and oxygen atoms in total. The van der Waals surface area contributed by atoms with E-state index in [1.807, 2.05) is 36.1 Å². The smallest absolute Gasteiger partial charge is 0.274 e. The molecular weight excluding hydrogens is 300 g/mol. The van der Waals surface area contributed by atoms with E-state index in [4.69, 9.17) is 11.6 Å². The molecule has 1 atom stereocenters. The van der Waals surface area contributed by atoms with Gasteiger partial charge in [-0.2, -0.15) is 0 Å². The average molecular weight is 317 g/mol. The lowest BCUT2D eigenvalue weighted by molar-refractivity contribution is 0.0628. The first kappa shape index (κ1) is 14.9. The van der Waals surface area contributed by atoms with E-state index < -0.39 is 0 Å². The summed E-state index contributed by atoms with van der Waals surface area (Å²) < 4.78 is 0. The minimum atomic E-state index is -0.112. The molecule has 1 aliphatic rings. The number of piperazine rings is 1. The van der Waals surface area contributed by atoms with Crippen LogP contribution in [0.15, 0.2) is 36.7 Å². The van der Waals surface area contributed by atoms with Gasteiger partial charge < -0.3 is 10.2 Å². The molecule has 0 bridgehead atoms. The van der Waals surface area contributed by atoms with Crippen molar-refractivity contribution in [3.63, 3.8) is 0 Å². The van der Waals surface area contributed by atoms with Crippen molar-refractivity contribution < 1.29 is 4.79 Å². The summed E-state index contributed by atoms with van der Waals surface area (Å²) in [6, 6.07) is 7.53. The van der Waals surface area contributed by atoms with Gasteiger partial charge in [0.05, 0.1) is 17.9 Å². The molecule has 1 fully saturated rings. The Hall–Kier alpha value is -1.98. The summed E-state index contributed by atoms with van der Waals surface area (Å²) in [6.07, 6.45) is 3.14. The van der Waals surface area contributed by atoms with Gasteiger partial charge in [0.2, 0.25) is 0 Å². The number of nitrogens with one attached hydrogen (secondary N) is 1. The van der Waals surface area contributed by atoms with Gasteiger partial charge in [-0.1, -0.05) is 29.8 Å². The van der Waals surface area contributed by atoms with E-state index >= 15 is 0 Å². The lowest BCUT2D eigenvalue weighted by atomic mass is 10.0. The summed E-state index contributed by atoms with van der Waals surface area (Å²) in [5.74, 6) is -0.112. The first-order chi connectivity index (χ1) is 10.7. The highest BCUT2D eigenvalue weighted by Gasteiger charge is 2.30. The van der Waals surface area contributed by atoms with Gasteiger partial charge in [-0.3, -0.25) is 9.78 Å². The Bertz CT molecular complexity index is 674. The number of amides is 1. The van der Waals surface area contributed by atoms with Crippen molar-refractivity contribution in [3.05, 3.63) is 58.6 Å². The second-order valence-corrected chi connectivity index (χ2v) is 5.69. The molecule has 6 heteroatoms. The zero-order valence-electron chi connectivity index (χ0n) is 12.3. The third-order valence-corrected chi connectivity index (χ3v) is 4.11. The van der Waals surface area contributed by atoms with Crippen molar-refractivity contribution in [1.82, 2.24) is 20.2 Å². The standard InChI is InChI=1S/C16H17ClN4O/c1-11-8-20-14(9-19-11)16(22)21-7-6-18-10-15(21)12-4-2-3-5-13(12)17/h2-5,8-9,15,18H,6-7,10H2,1H3. The van der Waals surface area contributed by atoms with Crippen molar-refractivity contribution in [1.29, 1.82) is 0 Å². The van der Waals surface area contributed by atoms with Gasteiger partial charge in [0.15, 0.2) is 0 Å². The third-order valence-electron chi connectivity index (χ3n) is 3.77. The quantitative estimate of drug-likeness (QED) is 0.923. The van der Waals surface area contributed by atoms with E-state index in [9.17, 15) is 4.79 Å². The maximum atomic E-state index is 12.8. The maximum absolute atomic E-state index is 12.8. The molecule has 1 unspecified atom stereocenters. The summed E-state index contributed by atoms with van der Waals surface area (Å²) >= 11 is 6.30. The van der Waals surface area contributed by atoms with Crippen LogP contribution in [0.3, 0.4) is 0 Å². The summed E-state index contributed by atoms with van der Waals surface area (Å²) in [7, 11) is 0. The first-order valence-electron chi connectivity index (χ1n) is 7.21. The van der Waals surface area contributed by atoms with Crippen LogP contribution in [0.4, 0.5) is 0 Å². The van der Waals surface area contributed by atoms with Crippen LogP contribution in [-0.4, -0.2) is 40.4 Å². The number of benzene rings is 1. The Morgan fingerprint density at radius 2 is 2.14 bits per heavy atom. The minimum Gasteiger partial charge on any atom is -0.328 e. The van der Waals surface area contributed by atoms with Crippen LogP contribution in [-0.2, 0) is 0 Å². The molecule has 1 aliphatic heterocycles. The van der Waals surface area contributed by atoms with Gasteiger partial charge in [0.1, 0.15) is 5.69 Å². The molecular formula is C16H17ClN4O. The number of carbonyl (C=O) groups excluding carboxylic acids is 1. The molecule has 2 heterocycles. The van der Waals surface area contributed by atoms with Gasteiger partial charge in [-0.25, -0.2) is 4.98 Å². The largest absolute Gasteiger partial charge is 0.328 e. The monoisotopic (exact) mass is 316 g/mol. The number of hydrogen-bond acceptors (Lipinski definition) is 4. The van der Waals surface area contributed by atoms with Crippen molar-refractivity contribution >= 4 is 17.5 Å². The molecule has 0 aliphatic carbocycles. The van der Waals surface area contributed by atoms with Crippen LogP contribution in [0.5, 0.6) is 0 Å². The molecule has 1 saturated heterocycles. The average Bonchev–Trinajstić information content (AvgIpc) is 2.55. The normalized spacial score (nSPS) is 18.3. The third kappa shape index (κ3) is 2.96. The Morgan fingerprint density at radius 3 is 2.86 bits per heavy atom. The van der Waals surface area contributed by atoms with Crippen molar-refractivity contribution in [3.8, 4) is 0 Å². The maximum Gasteiger partial charge on any atom is 0.274 e. The van der Waals surface area contributed by atoms with E-state index in [-0.39, 0.29) is 11.9 Å². The van der Waals surface area contributed by atoms with Crippen LogP contribution in [0, 0.1) is 6.92 Å².